The molecule has 0 fully saturated rings. The van der Waals surface area contributed by atoms with Crippen LogP contribution in [0.25, 0.3) is 16.5 Å². The van der Waals surface area contributed by atoms with E-state index in [1.165, 1.54) is 0 Å². The quantitative estimate of drug-likeness (QED) is 0.355. The molecule has 19 heavy (non-hydrogen) atoms. The summed E-state index contributed by atoms with van der Waals surface area (Å²) in [4.78, 5) is 2.68. The van der Waals surface area contributed by atoms with Crippen molar-refractivity contribution in [3.05, 3.63) is 39.8 Å². The summed E-state index contributed by atoms with van der Waals surface area (Å²) in [5, 5.41) is 12.6. The van der Waals surface area contributed by atoms with Crippen LogP contribution in [0, 0.1) is 0 Å². The lowest BCUT2D eigenvalue weighted by Crippen LogP contribution is -1.95. The summed E-state index contributed by atoms with van der Waals surface area (Å²) in [5.41, 5.74) is 9.69. The second-order valence-corrected chi connectivity index (χ2v) is 3.72. The minimum atomic E-state index is -0.0758. The molecule has 1 rings (SSSR count). The summed E-state index contributed by atoms with van der Waals surface area (Å²) >= 11 is 0. The van der Waals surface area contributed by atoms with E-state index in [-0.39, 0.29) is 6.61 Å². The molecule has 1 aromatic rings. The first-order valence-corrected chi connectivity index (χ1v) is 5.80. The van der Waals surface area contributed by atoms with E-state index in [0.29, 0.717) is 24.5 Å². The van der Waals surface area contributed by atoms with Gasteiger partial charge in [0, 0.05) is 11.5 Å². The summed E-state index contributed by atoms with van der Waals surface area (Å²) in [6, 6.07) is 3.52. The highest BCUT2D eigenvalue weighted by Gasteiger charge is 2.09. The van der Waals surface area contributed by atoms with Gasteiger partial charge in [-0.25, -0.2) is 0 Å². The lowest BCUT2D eigenvalue weighted by atomic mass is 10.1. The van der Waals surface area contributed by atoms with E-state index in [9.17, 15) is 0 Å². The van der Waals surface area contributed by atoms with E-state index in [4.69, 9.17) is 20.1 Å². The summed E-state index contributed by atoms with van der Waals surface area (Å²) in [6.07, 6.45) is 4.37. The molecule has 1 N–H and O–H groups in total. The van der Waals surface area contributed by atoms with E-state index in [1.54, 1.807) is 26.4 Å². The number of aliphatic hydroxyl groups excluding tert-OH is 1. The van der Waals surface area contributed by atoms with Crippen LogP contribution in [0.1, 0.15) is 17.5 Å². The average molecular weight is 263 g/mol. The Kier molecular flexibility index (Phi) is 6.29. The third-order valence-corrected chi connectivity index (χ3v) is 2.53. The highest BCUT2D eigenvalue weighted by Crippen LogP contribution is 2.31. The Morgan fingerprint density at radius 3 is 2.42 bits per heavy atom. The van der Waals surface area contributed by atoms with Gasteiger partial charge in [0.15, 0.2) is 0 Å². The van der Waals surface area contributed by atoms with Crippen LogP contribution < -0.4 is 9.47 Å². The van der Waals surface area contributed by atoms with Gasteiger partial charge in [-0.3, -0.25) is 0 Å². The normalized spacial score (nSPS) is 10.3. The highest BCUT2D eigenvalue weighted by atomic mass is 16.5. The van der Waals surface area contributed by atoms with Crippen molar-refractivity contribution in [2.75, 3.05) is 20.8 Å². The van der Waals surface area contributed by atoms with E-state index >= 15 is 0 Å². The molecule has 0 amide bonds. The number of nitrogens with zero attached hydrogens (tertiary/aromatic N) is 3. The Balaban J connectivity index is 2.99. The number of hydrogen-bond acceptors (Lipinski definition) is 4. The fourth-order valence-corrected chi connectivity index (χ4v) is 1.63. The number of hydrogen-bond donors (Lipinski definition) is 1. The zero-order chi connectivity index (χ0) is 14.1. The molecule has 0 atom stereocenters. The Morgan fingerprint density at radius 2 is 1.95 bits per heavy atom. The molecule has 0 unspecified atom stereocenters. The molecular formula is C13H17N3O3. The first-order valence-electron chi connectivity index (χ1n) is 5.80. The topological polar surface area (TPSA) is 87.5 Å². The van der Waals surface area contributed by atoms with Crippen molar-refractivity contribution >= 4 is 6.08 Å². The van der Waals surface area contributed by atoms with Crippen LogP contribution in [0.3, 0.4) is 0 Å². The lowest BCUT2D eigenvalue weighted by Gasteiger charge is -2.12. The van der Waals surface area contributed by atoms with Crippen molar-refractivity contribution in [1.29, 1.82) is 0 Å². The van der Waals surface area contributed by atoms with Crippen molar-refractivity contribution in [2.45, 2.75) is 13.0 Å². The molecule has 102 valence electrons. The average Bonchev–Trinajstić information content (AvgIpc) is 2.46. The molecule has 0 radical (unpaired) electrons. The fraction of sp³-hybridized carbons (Fsp3) is 0.385. The standard InChI is InChI=1S/C13H17N3O3/c1-18-12-7-10(9-17)8-13(19-2)11(12)5-3-4-6-15-16-14/h3,5,7-8,17H,4,6,9H2,1-2H3. The van der Waals surface area contributed by atoms with Crippen molar-refractivity contribution in [1.82, 2.24) is 0 Å². The highest BCUT2D eigenvalue weighted by molar-refractivity contribution is 5.65. The Morgan fingerprint density at radius 1 is 1.32 bits per heavy atom. The van der Waals surface area contributed by atoms with Crippen molar-refractivity contribution in [2.24, 2.45) is 5.11 Å². The number of ether oxygens (including phenoxy) is 2. The van der Waals surface area contributed by atoms with E-state index in [0.717, 1.165) is 11.1 Å². The second kappa shape index (κ2) is 8.02. The van der Waals surface area contributed by atoms with Gasteiger partial charge in [0.25, 0.3) is 0 Å². The fourth-order valence-electron chi connectivity index (χ4n) is 1.63. The second-order valence-electron chi connectivity index (χ2n) is 3.72. The van der Waals surface area contributed by atoms with Gasteiger partial charge >= 0.3 is 0 Å². The van der Waals surface area contributed by atoms with Crippen molar-refractivity contribution in [3.8, 4) is 11.5 Å². The zero-order valence-corrected chi connectivity index (χ0v) is 11.0. The van der Waals surface area contributed by atoms with Crippen LogP contribution in [-0.4, -0.2) is 25.9 Å². The van der Waals surface area contributed by atoms with Gasteiger partial charge in [-0.1, -0.05) is 17.3 Å². The van der Waals surface area contributed by atoms with Crippen LogP contribution in [0.5, 0.6) is 11.5 Å². The van der Waals surface area contributed by atoms with Crippen LogP contribution >= 0.6 is 0 Å². The van der Waals surface area contributed by atoms with E-state index < -0.39 is 0 Å². The van der Waals surface area contributed by atoms with Gasteiger partial charge in [-0.15, -0.1) is 0 Å². The number of benzene rings is 1. The van der Waals surface area contributed by atoms with Crippen LogP contribution in [-0.2, 0) is 6.61 Å². The Hall–Kier alpha value is -2.17. The molecular weight excluding hydrogens is 246 g/mol. The maximum Gasteiger partial charge on any atom is 0.130 e. The first kappa shape index (κ1) is 14.9. The van der Waals surface area contributed by atoms with Gasteiger partial charge in [0.05, 0.1) is 26.4 Å². The molecule has 0 spiro atoms. The Bertz CT molecular complexity index is 469. The number of rotatable bonds is 7. The third-order valence-electron chi connectivity index (χ3n) is 2.53. The van der Waals surface area contributed by atoms with Gasteiger partial charge in [-0.05, 0) is 29.6 Å². The van der Waals surface area contributed by atoms with Crippen molar-refractivity contribution < 1.29 is 14.6 Å². The molecule has 6 nitrogen and oxygen atoms in total. The molecule has 1 aromatic carbocycles. The summed E-state index contributed by atoms with van der Waals surface area (Å²) in [6.45, 7) is 0.333. The summed E-state index contributed by atoms with van der Waals surface area (Å²) in [5.74, 6) is 1.26. The molecule has 0 bridgehead atoms. The third kappa shape index (κ3) is 4.21. The molecule has 0 saturated heterocycles. The molecule has 0 aromatic heterocycles. The lowest BCUT2D eigenvalue weighted by molar-refractivity contribution is 0.280. The molecule has 6 heteroatoms. The SMILES string of the molecule is COc1cc(CO)cc(OC)c1C=CCCN=[N+]=[N-]. The Labute approximate surface area is 111 Å². The summed E-state index contributed by atoms with van der Waals surface area (Å²) in [7, 11) is 3.13. The number of aliphatic hydroxyl groups is 1. The summed E-state index contributed by atoms with van der Waals surface area (Å²) < 4.78 is 10.6. The van der Waals surface area contributed by atoms with Gasteiger partial charge in [-0.2, -0.15) is 0 Å². The van der Waals surface area contributed by atoms with Crippen LogP contribution in [0.2, 0.25) is 0 Å². The zero-order valence-electron chi connectivity index (χ0n) is 11.0. The van der Waals surface area contributed by atoms with E-state index in [2.05, 4.69) is 10.0 Å². The number of methoxy groups -OCH3 is 2. The van der Waals surface area contributed by atoms with Crippen LogP contribution in [0.15, 0.2) is 23.3 Å². The largest absolute Gasteiger partial charge is 0.496 e. The smallest absolute Gasteiger partial charge is 0.130 e. The van der Waals surface area contributed by atoms with Gasteiger partial charge < -0.3 is 14.6 Å². The predicted octanol–water partition coefficient (Wildman–Crippen LogP) is 2.91. The first-order chi connectivity index (χ1) is 9.26. The number of azide groups is 1. The van der Waals surface area contributed by atoms with Gasteiger partial charge in [0.2, 0.25) is 0 Å². The van der Waals surface area contributed by atoms with Crippen LogP contribution in [0.4, 0.5) is 0 Å². The van der Waals surface area contributed by atoms with Crippen molar-refractivity contribution in [3.63, 3.8) is 0 Å². The molecule has 0 aliphatic rings. The molecule has 0 aliphatic heterocycles. The molecule has 0 saturated carbocycles. The van der Waals surface area contributed by atoms with Gasteiger partial charge in [0.1, 0.15) is 11.5 Å². The monoisotopic (exact) mass is 263 g/mol. The van der Waals surface area contributed by atoms with E-state index in [1.807, 2.05) is 12.2 Å². The molecule has 0 heterocycles. The minimum absolute atomic E-state index is 0.0758. The predicted molar refractivity (Wildman–Crippen MR) is 73.1 cm³/mol. The molecule has 0 aliphatic carbocycles. The maximum absolute atomic E-state index is 9.17. The maximum atomic E-state index is 9.17. The minimum Gasteiger partial charge on any atom is -0.496 e.